The van der Waals surface area contributed by atoms with E-state index in [-0.39, 0.29) is 18.3 Å². The van der Waals surface area contributed by atoms with Crippen molar-refractivity contribution in [2.45, 2.75) is 32.3 Å². The van der Waals surface area contributed by atoms with Crippen molar-refractivity contribution in [1.29, 1.82) is 0 Å². The number of aryl methyl sites for hydroxylation is 1. The number of thiophene rings is 1. The summed E-state index contributed by atoms with van der Waals surface area (Å²) in [6, 6.07) is 11.7. The molecule has 2 N–H and O–H groups in total. The highest BCUT2D eigenvalue weighted by molar-refractivity contribution is 7.19. The molecule has 0 spiro atoms. The first-order valence-corrected chi connectivity index (χ1v) is 13.6. The van der Waals surface area contributed by atoms with Crippen LogP contribution in [0, 0.1) is 11.7 Å². The Morgan fingerprint density at radius 1 is 1.21 bits per heavy atom. The zero-order valence-electron chi connectivity index (χ0n) is 20.9. The fourth-order valence-corrected chi connectivity index (χ4v) is 6.19. The van der Waals surface area contributed by atoms with Gasteiger partial charge in [-0.1, -0.05) is 23.7 Å². The third kappa shape index (κ3) is 6.23. The molecule has 5 rings (SSSR count). The number of hydrogen-bond acceptors (Lipinski definition) is 7. The third-order valence-corrected chi connectivity index (χ3v) is 8.01. The predicted octanol–water partition coefficient (Wildman–Crippen LogP) is 6.06. The first kappa shape index (κ1) is 26.3. The van der Waals surface area contributed by atoms with Gasteiger partial charge in [0.15, 0.2) is 0 Å². The number of ether oxygens (including phenoxy) is 2. The fourth-order valence-electron chi connectivity index (χ4n) is 4.65. The van der Waals surface area contributed by atoms with Gasteiger partial charge in [-0.3, -0.25) is 4.79 Å². The van der Waals surface area contributed by atoms with E-state index in [9.17, 15) is 9.18 Å². The van der Waals surface area contributed by atoms with Gasteiger partial charge in [-0.05, 0) is 66.6 Å². The van der Waals surface area contributed by atoms with E-state index < -0.39 is 0 Å². The molecule has 1 aliphatic rings. The molecule has 2 aromatic heterocycles. The Balaban J connectivity index is 1.27. The number of hydrogen-bond donors (Lipinski definition) is 2. The molecule has 7 nitrogen and oxygen atoms in total. The molecule has 4 aromatic rings. The van der Waals surface area contributed by atoms with Crippen molar-refractivity contribution in [1.82, 2.24) is 15.3 Å². The van der Waals surface area contributed by atoms with Crippen LogP contribution < -0.4 is 15.4 Å². The van der Waals surface area contributed by atoms with Crippen LogP contribution in [0.4, 0.5) is 15.9 Å². The topological polar surface area (TPSA) is 85.4 Å². The van der Waals surface area contributed by atoms with Crippen LogP contribution in [0.3, 0.4) is 0 Å². The van der Waals surface area contributed by atoms with E-state index in [1.807, 2.05) is 6.07 Å². The molecule has 0 bridgehead atoms. The second-order valence-corrected chi connectivity index (χ2v) is 10.7. The Morgan fingerprint density at radius 2 is 2.05 bits per heavy atom. The summed E-state index contributed by atoms with van der Waals surface area (Å²) in [5, 5.41) is 7.81. The average molecular weight is 555 g/mol. The smallest absolute Gasteiger partial charge is 0.220 e. The van der Waals surface area contributed by atoms with Crippen molar-refractivity contribution >= 4 is 50.6 Å². The number of benzene rings is 2. The van der Waals surface area contributed by atoms with Gasteiger partial charge in [-0.25, -0.2) is 14.4 Å². The Kier molecular flexibility index (Phi) is 8.36. The SMILES string of the molecule is COCCNC(=O)CC1CCc2c(sc3ncnc(Nc4ccc(OCc5ccc(F)cc5)c(Cl)c4)c23)C1. The molecule has 0 radical (unpaired) electrons. The van der Waals surface area contributed by atoms with Gasteiger partial charge in [0.1, 0.15) is 35.1 Å². The molecule has 0 aliphatic heterocycles. The molecule has 1 atom stereocenters. The number of nitrogens with one attached hydrogen (secondary N) is 2. The molecular weight excluding hydrogens is 527 g/mol. The Morgan fingerprint density at radius 3 is 2.84 bits per heavy atom. The minimum atomic E-state index is -0.283. The highest BCUT2D eigenvalue weighted by Crippen LogP contribution is 2.41. The largest absolute Gasteiger partial charge is 0.487 e. The predicted molar refractivity (Wildman–Crippen MR) is 148 cm³/mol. The minimum Gasteiger partial charge on any atom is -0.487 e. The lowest BCUT2D eigenvalue weighted by molar-refractivity contribution is -0.122. The van der Waals surface area contributed by atoms with Gasteiger partial charge in [-0.15, -0.1) is 11.3 Å². The quantitative estimate of drug-likeness (QED) is 0.232. The number of aromatic nitrogens is 2. The van der Waals surface area contributed by atoms with Crippen molar-refractivity contribution in [2.24, 2.45) is 5.92 Å². The van der Waals surface area contributed by atoms with Gasteiger partial charge in [0, 0.05) is 30.6 Å². The summed E-state index contributed by atoms with van der Waals surface area (Å²) in [6.07, 6.45) is 4.76. The molecule has 198 valence electrons. The maximum atomic E-state index is 13.1. The van der Waals surface area contributed by atoms with Gasteiger partial charge in [0.05, 0.1) is 17.0 Å². The van der Waals surface area contributed by atoms with Crippen molar-refractivity contribution in [3.63, 3.8) is 0 Å². The van der Waals surface area contributed by atoms with Crippen LogP contribution in [0.1, 0.15) is 28.8 Å². The first-order chi connectivity index (χ1) is 18.5. The van der Waals surface area contributed by atoms with Gasteiger partial charge >= 0.3 is 0 Å². The standard InChI is InChI=1S/C28H28ClFN4O3S/c1-36-11-10-31-25(35)13-18-4-8-21-24(12-18)38-28-26(21)27(32-16-33-28)34-20-7-9-23(22(29)14-20)37-15-17-2-5-19(30)6-3-17/h2-3,5-7,9,14,16,18H,4,8,10-13,15H2,1H3,(H,31,35)(H,32,33,34). The molecule has 2 heterocycles. The molecule has 0 saturated heterocycles. The molecule has 38 heavy (non-hydrogen) atoms. The highest BCUT2D eigenvalue weighted by Gasteiger charge is 2.26. The molecule has 0 fully saturated rings. The lowest BCUT2D eigenvalue weighted by Crippen LogP contribution is -2.29. The number of anilines is 2. The van der Waals surface area contributed by atoms with E-state index in [2.05, 4.69) is 20.6 Å². The van der Waals surface area contributed by atoms with Gasteiger partial charge in [0.2, 0.25) is 5.91 Å². The number of halogens is 2. The van der Waals surface area contributed by atoms with Crippen LogP contribution in [-0.4, -0.2) is 36.1 Å². The molecule has 1 unspecified atom stereocenters. The van der Waals surface area contributed by atoms with E-state index in [4.69, 9.17) is 21.1 Å². The minimum absolute atomic E-state index is 0.0701. The summed E-state index contributed by atoms with van der Waals surface area (Å²) in [5.74, 6) is 1.37. The summed E-state index contributed by atoms with van der Waals surface area (Å²) in [6.45, 7) is 1.34. The van der Waals surface area contributed by atoms with Gasteiger partial charge < -0.3 is 20.1 Å². The first-order valence-electron chi connectivity index (χ1n) is 12.4. The lowest BCUT2D eigenvalue weighted by atomic mass is 9.85. The van der Waals surface area contributed by atoms with E-state index in [1.165, 1.54) is 22.6 Å². The van der Waals surface area contributed by atoms with E-state index in [1.54, 1.807) is 49.0 Å². The van der Waals surface area contributed by atoms with Crippen LogP contribution in [0.15, 0.2) is 48.8 Å². The number of fused-ring (bicyclic) bond motifs is 3. The third-order valence-electron chi connectivity index (χ3n) is 6.55. The number of nitrogens with zero attached hydrogens (tertiary/aromatic N) is 2. The van der Waals surface area contributed by atoms with Crippen LogP contribution in [-0.2, 0) is 29.0 Å². The summed E-state index contributed by atoms with van der Waals surface area (Å²) in [4.78, 5) is 23.5. The number of methoxy groups -OCH3 is 1. The van der Waals surface area contributed by atoms with Crippen LogP contribution in [0.5, 0.6) is 5.75 Å². The van der Waals surface area contributed by atoms with Crippen molar-refractivity contribution in [3.05, 3.63) is 75.6 Å². The van der Waals surface area contributed by atoms with Crippen molar-refractivity contribution in [3.8, 4) is 5.75 Å². The molecule has 1 amide bonds. The van der Waals surface area contributed by atoms with E-state index in [0.717, 1.165) is 46.5 Å². The van der Waals surface area contributed by atoms with Gasteiger partial charge in [-0.2, -0.15) is 0 Å². The monoisotopic (exact) mass is 554 g/mol. The maximum Gasteiger partial charge on any atom is 0.220 e. The lowest BCUT2D eigenvalue weighted by Gasteiger charge is -2.22. The molecule has 10 heteroatoms. The zero-order chi connectivity index (χ0) is 26.5. The number of carbonyl (C=O) groups excluding carboxylic acids is 1. The van der Waals surface area contributed by atoms with Crippen LogP contribution in [0.25, 0.3) is 10.2 Å². The van der Waals surface area contributed by atoms with E-state index in [0.29, 0.717) is 36.3 Å². The zero-order valence-corrected chi connectivity index (χ0v) is 22.5. The Bertz CT molecular complexity index is 1430. The van der Waals surface area contributed by atoms with E-state index >= 15 is 0 Å². The summed E-state index contributed by atoms with van der Waals surface area (Å²) in [5.41, 5.74) is 2.89. The number of carbonyl (C=O) groups is 1. The number of amides is 1. The molecule has 1 aliphatic carbocycles. The van der Waals surface area contributed by atoms with Crippen LogP contribution in [0.2, 0.25) is 5.02 Å². The maximum absolute atomic E-state index is 13.1. The van der Waals surface area contributed by atoms with Crippen molar-refractivity contribution < 1.29 is 18.7 Å². The molecular formula is C28H28ClFN4O3S. The summed E-state index contributed by atoms with van der Waals surface area (Å²) in [7, 11) is 1.62. The van der Waals surface area contributed by atoms with Crippen LogP contribution >= 0.6 is 22.9 Å². The Labute approximate surface area is 229 Å². The summed E-state index contributed by atoms with van der Waals surface area (Å²) < 4.78 is 23.9. The highest BCUT2D eigenvalue weighted by atomic mass is 35.5. The van der Waals surface area contributed by atoms with Gasteiger partial charge in [0.25, 0.3) is 0 Å². The number of rotatable bonds is 10. The Hall–Kier alpha value is -3.27. The second-order valence-electron chi connectivity index (χ2n) is 9.25. The summed E-state index contributed by atoms with van der Waals surface area (Å²) >= 11 is 8.18. The average Bonchev–Trinajstić information content (AvgIpc) is 3.28. The molecule has 2 aromatic carbocycles. The molecule has 0 saturated carbocycles. The second kappa shape index (κ2) is 12.1. The fraction of sp³-hybridized carbons (Fsp3) is 0.321. The van der Waals surface area contributed by atoms with Crippen molar-refractivity contribution in [2.75, 3.05) is 25.6 Å². The normalized spacial score (nSPS) is 14.8.